The molecule has 0 bridgehead atoms. The Morgan fingerprint density at radius 1 is 1.38 bits per heavy atom. The lowest BCUT2D eigenvalue weighted by Gasteiger charge is -2.12. The molecule has 8 heteroatoms. The number of anilines is 2. The summed E-state index contributed by atoms with van der Waals surface area (Å²) in [5, 5.41) is 3.12. The Balaban J connectivity index is 2.15. The number of nitrogens with one attached hydrogen (secondary N) is 2. The second-order valence-electron chi connectivity index (χ2n) is 4.59. The van der Waals surface area contributed by atoms with E-state index in [-0.39, 0.29) is 4.90 Å². The van der Waals surface area contributed by atoms with E-state index in [1.807, 2.05) is 17.8 Å². The molecule has 4 N–H and O–H groups in total. The molecule has 7 nitrogen and oxygen atoms in total. The number of sulfonamides is 1. The van der Waals surface area contributed by atoms with Crippen LogP contribution in [-0.2, 0) is 23.5 Å². The molecule has 114 valence electrons. The summed E-state index contributed by atoms with van der Waals surface area (Å²) in [7, 11) is -0.267. The maximum absolute atomic E-state index is 12.0. The molecule has 0 aliphatic heterocycles. The van der Waals surface area contributed by atoms with Gasteiger partial charge in [-0.05, 0) is 25.2 Å². The van der Waals surface area contributed by atoms with Crippen LogP contribution in [0.3, 0.4) is 0 Å². The molecular formula is C13H19N5O2S. The Morgan fingerprint density at radius 3 is 2.76 bits per heavy atom. The van der Waals surface area contributed by atoms with Crippen LogP contribution in [0, 0.1) is 0 Å². The predicted molar refractivity (Wildman–Crippen MR) is 82.5 cm³/mol. The average Bonchev–Trinajstić information content (AvgIpc) is 2.86. The zero-order valence-electron chi connectivity index (χ0n) is 12.0. The van der Waals surface area contributed by atoms with Gasteiger partial charge in [0, 0.05) is 38.1 Å². The monoisotopic (exact) mass is 309 g/mol. The highest BCUT2D eigenvalue weighted by atomic mass is 32.2. The first kappa shape index (κ1) is 15.3. The van der Waals surface area contributed by atoms with Crippen molar-refractivity contribution >= 4 is 21.4 Å². The first-order valence-corrected chi connectivity index (χ1v) is 7.95. The molecule has 0 saturated heterocycles. The minimum absolute atomic E-state index is 0.143. The maximum atomic E-state index is 12.0. The van der Waals surface area contributed by atoms with E-state index >= 15 is 0 Å². The van der Waals surface area contributed by atoms with Gasteiger partial charge in [0.2, 0.25) is 10.0 Å². The van der Waals surface area contributed by atoms with Crippen LogP contribution in [0.1, 0.15) is 5.82 Å². The highest BCUT2D eigenvalue weighted by molar-refractivity contribution is 7.89. The minimum atomic E-state index is -3.56. The number of nitrogens with two attached hydrogens (primary N) is 1. The second-order valence-corrected chi connectivity index (χ2v) is 6.45. The van der Waals surface area contributed by atoms with Crippen molar-refractivity contribution < 1.29 is 8.42 Å². The lowest BCUT2D eigenvalue weighted by molar-refractivity contribution is 0.588. The van der Waals surface area contributed by atoms with Gasteiger partial charge in [0.1, 0.15) is 10.7 Å². The van der Waals surface area contributed by atoms with Crippen molar-refractivity contribution in [3.05, 3.63) is 36.4 Å². The number of aromatic nitrogens is 2. The zero-order valence-corrected chi connectivity index (χ0v) is 12.8. The third kappa shape index (κ3) is 3.53. The molecule has 0 aliphatic rings. The molecular weight excluding hydrogens is 290 g/mol. The van der Waals surface area contributed by atoms with Crippen molar-refractivity contribution in [2.45, 2.75) is 11.3 Å². The minimum Gasteiger partial charge on any atom is -0.399 e. The van der Waals surface area contributed by atoms with Gasteiger partial charge in [-0.15, -0.1) is 0 Å². The van der Waals surface area contributed by atoms with Crippen molar-refractivity contribution in [1.82, 2.24) is 14.3 Å². The quantitative estimate of drug-likeness (QED) is 0.677. The van der Waals surface area contributed by atoms with Crippen molar-refractivity contribution in [2.75, 3.05) is 24.6 Å². The fourth-order valence-electron chi connectivity index (χ4n) is 1.96. The van der Waals surface area contributed by atoms with Crippen LogP contribution in [-0.4, -0.2) is 31.6 Å². The predicted octanol–water partition coefficient (Wildman–Crippen LogP) is 0.565. The molecule has 0 spiro atoms. The average molecular weight is 309 g/mol. The van der Waals surface area contributed by atoms with E-state index in [2.05, 4.69) is 15.0 Å². The largest absolute Gasteiger partial charge is 0.399 e. The molecule has 1 aromatic heterocycles. The van der Waals surface area contributed by atoms with Crippen molar-refractivity contribution in [3.8, 4) is 0 Å². The summed E-state index contributed by atoms with van der Waals surface area (Å²) in [5.41, 5.74) is 6.59. The molecule has 0 fully saturated rings. The fourth-order valence-corrected chi connectivity index (χ4v) is 2.90. The van der Waals surface area contributed by atoms with E-state index in [4.69, 9.17) is 5.73 Å². The summed E-state index contributed by atoms with van der Waals surface area (Å²) in [5.74, 6) is 0.927. The van der Waals surface area contributed by atoms with Crippen LogP contribution in [0.15, 0.2) is 35.5 Å². The third-order valence-electron chi connectivity index (χ3n) is 3.15. The van der Waals surface area contributed by atoms with Crippen molar-refractivity contribution in [1.29, 1.82) is 0 Å². The number of aryl methyl sites for hydroxylation is 1. The molecule has 0 aliphatic carbocycles. The van der Waals surface area contributed by atoms with Gasteiger partial charge in [0.15, 0.2) is 0 Å². The normalized spacial score (nSPS) is 11.5. The summed E-state index contributed by atoms with van der Waals surface area (Å²) in [6, 6.07) is 4.77. The van der Waals surface area contributed by atoms with Crippen LogP contribution >= 0.6 is 0 Å². The fraction of sp³-hybridized carbons (Fsp3) is 0.308. The van der Waals surface area contributed by atoms with Crippen LogP contribution in [0.2, 0.25) is 0 Å². The SMILES string of the molecule is CNS(=O)(=O)c1cc(N)ccc1NCCc1nccn1C. The molecule has 1 heterocycles. The molecule has 2 rings (SSSR count). The van der Waals surface area contributed by atoms with Gasteiger partial charge in [-0.2, -0.15) is 0 Å². The summed E-state index contributed by atoms with van der Waals surface area (Å²) in [6.45, 7) is 0.570. The van der Waals surface area contributed by atoms with E-state index in [9.17, 15) is 8.42 Å². The number of benzene rings is 1. The number of rotatable bonds is 6. The maximum Gasteiger partial charge on any atom is 0.242 e. The molecule has 0 unspecified atom stereocenters. The molecule has 2 aromatic rings. The topological polar surface area (TPSA) is 102 Å². The van der Waals surface area contributed by atoms with Gasteiger partial charge in [-0.1, -0.05) is 0 Å². The zero-order chi connectivity index (χ0) is 15.5. The molecule has 0 saturated carbocycles. The number of hydrogen-bond acceptors (Lipinski definition) is 5. The van der Waals surface area contributed by atoms with Crippen molar-refractivity contribution in [3.63, 3.8) is 0 Å². The van der Waals surface area contributed by atoms with Crippen LogP contribution in [0.25, 0.3) is 0 Å². The van der Waals surface area contributed by atoms with E-state index in [0.29, 0.717) is 24.3 Å². The molecule has 21 heavy (non-hydrogen) atoms. The summed E-state index contributed by atoms with van der Waals surface area (Å²) >= 11 is 0. The van der Waals surface area contributed by atoms with Crippen LogP contribution < -0.4 is 15.8 Å². The van der Waals surface area contributed by atoms with E-state index in [1.54, 1.807) is 18.3 Å². The van der Waals surface area contributed by atoms with Gasteiger partial charge >= 0.3 is 0 Å². The summed E-state index contributed by atoms with van der Waals surface area (Å²) < 4.78 is 28.2. The summed E-state index contributed by atoms with van der Waals surface area (Å²) in [6.07, 6.45) is 4.29. The first-order chi connectivity index (χ1) is 9.94. The van der Waals surface area contributed by atoms with E-state index in [0.717, 1.165) is 5.82 Å². The highest BCUT2D eigenvalue weighted by Crippen LogP contribution is 2.23. The van der Waals surface area contributed by atoms with E-state index < -0.39 is 10.0 Å². The Kier molecular flexibility index (Phi) is 4.49. The number of nitrogens with zero attached hydrogens (tertiary/aromatic N) is 2. The number of imidazole rings is 1. The smallest absolute Gasteiger partial charge is 0.242 e. The van der Waals surface area contributed by atoms with Crippen LogP contribution in [0.5, 0.6) is 0 Å². The Bertz CT molecular complexity index is 724. The third-order valence-corrected chi connectivity index (χ3v) is 4.60. The van der Waals surface area contributed by atoms with Gasteiger partial charge in [-0.3, -0.25) is 0 Å². The molecule has 0 amide bonds. The molecule has 0 atom stereocenters. The Hall–Kier alpha value is -2.06. The van der Waals surface area contributed by atoms with Gasteiger partial charge in [0.05, 0.1) is 5.69 Å². The lowest BCUT2D eigenvalue weighted by Crippen LogP contribution is -2.21. The molecule has 1 aromatic carbocycles. The Morgan fingerprint density at radius 2 is 2.14 bits per heavy atom. The standard InChI is InChI=1S/C13H19N5O2S/c1-15-21(19,20)12-9-10(14)3-4-11(12)16-6-5-13-17-7-8-18(13)2/h3-4,7-9,15-16H,5-6,14H2,1-2H3. The van der Waals surface area contributed by atoms with Gasteiger partial charge in [-0.25, -0.2) is 18.1 Å². The van der Waals surface area contributed by atoms with E-state index in [1.165, 1.54) is 13.1 Å². The first-order valence-electron chi connectivity index (χ1n) is 6.47. The molecule has 0 radical (unpaired) electrons. The number of nitrogen functional groups attached to an aromatic ring is 1. The van der Waals surface area contributed by atoms with Gasteiger partial charge in [0.25, 0.3) is 0 Å². The van der Waals surface area contributed by atoms with Crippen LogP contribution in [0.4, 0.5) is 11.4 Å². The number of hydrogen-bond donors (Lipinski definition) is 3. The van der Waals surface area contributed by atoms with Crippen molar-refractivity contribution in [2.24, 2.45) is 7.05 Å². The lowest BCUT2D eigenvalue weighted by atomic mass is 10.2. The highest BCUT2D eigenvalue weighted by Gasteiger charge is 2.17. The Labute approximate surface area is 124 Å². The van der Waals surface area contributed by atoms with Gasteiger partial charge < -0.3 is 15.6 Å². The second kappa shape index (κ2) is 6.15. The summed E-state index contributed by atoms with van der Waals surface area (Å²) in [4.78, 5) is 4.36.